The number of furan rings is 1. The zero-order chi connectivity index (χ0) is 15.0. The van der Waals surface area contributed by atoms with Crippen LogP contribution in [-0.2, 0) is 0 Å². The monoisotopic (exact) mass is 339 g/mol. The molecule has 108 valence electrons. The Hall–Kier alpha value is -1.19. The molecule has 0 radical (unpaired) electrons. The van der Waals surface area contributed by atoms with Gasteiger partial charge in [-0.25, -0.2) is 0 Å². The molecule has 3 rings (SSSR count). The summed E-state index contributed by atoms with van der Waals surface area (Å²) in [5.74, 6) is 0.799. The summed E-state index contributed by atoms with van der Waals surface area (Å²) in [6, 6.07) is 13.0. The summed E-state index contributed by atoms with van der Waals surface area (Å²) in [4.78, 5) is 0. The van der Waals surface area contributed by atoms with Crippen LogP contribution in [0, 0.1) is 0 Å². The highest BCUT2D eigenvalue weighted by atomic mass is 35.5. The van der Waals surface area contributed by atoms with Gasteiger partial charge in [-0.15, -0.1) is 0 Å². The van der Waals surface area contributed by atoms with Crippen LogP contribution in [0.15, 0.2) is 46.9 Å². The van der Waals surface area contributed by atoms with Gasteiger partial charge in [0.15, 0.2) is 0 Å². The molecule has 21 heavy (non-hydrogen) atoms. The molecule has 0 amide bonds. The molecule has 2 nitrogen and oxygen atoms in total. The van der Waals surface area contributed by atoms with Gasteiger partial charge in [-0.1, -0.05) is 40.9 Å². The Balaban J connectivity index is 2.06. The number of hydrogen-bond acceptors (Lipinski definition) is 2. The van der Waals surface area contributed by atoms with Gasteiger partial charge in [0.1, 0.15) is 11.3 Å². The molecule has 5 heteroatoms. The van der Waals surface area contributed by atoms with E-state index in [9.17, 15) is 0 Å². The van der Waals surface area contributed by atoms with Crippen LogP contribution in [0.5, 0.6) is 0 Å². The van der Waals surface area contributed by atoms with E-state index in [1.807, 2.05) is 43.4 Å². The van der Waals surface area contributed by atoms with E-state index >= 15 is 0 Å². The number of hydrogen-bond donors (Lipinski definition) is 1. The third-order valence-electron chi connectivity index (χ3n) is 3.35. The first-order valence-corrected chi connectivity index (χ1v) is 7.53. The third-order valence-corrected chi connectivity index (χ3v) is 4.32. The molecule has 0 saturated carbocycles. The Bertz CT molecular complexity index is 797. The second-order valence-electron chi connectivity index (χ2n) is 4.73. The molecule has 0 aliphatic heterocycles. The average molecular weight is 341 g/mol. The molecule has 0 bridgehead atoms. The predicted octanol–water partition coefficient (Wildman–Crippen LogP) is 5.70. The SMILES string of the molecule is CNC(c1ccc(Cl)c(Cl)c1)c1cc2cc(Cl)ccc2o1. The lowest BCUT2D eigenvalue weighted by atomic mass is 10.0. The zero-order valence-electron chi connectivity index (χ0n) is 11.2. The summed E-state index contributed by atoms with van der Waals surface area (Å²) in [5, 5.41) is 5.94. The number of fused-ring (bicyclic) bond motifs is 1. The molecule has 2 aromatic carbocycles. The van der Waals surface area contributed by atoms with Crippen LogP contribution < -0.4 is 5.32 Å². The zero-order valence-corrected chi connectivity index (χ0v) is 13.4. The molecule has 0 fully saturated rings. The van der Waals surface area contributed by atoms with Gasteiger partial charge >= 0.3 is 0 Å². The van der Waals surface area contributed by atoms with Crippen molar-refractivity contribution >= 4 is 45.8 Å². The fraction of sp³-hybridized carbons (Fsp3) is 0.125. The number of halogens is 3. The largest absolute Gasteiger partial charge is 0.459 e. The Morgan fingerprint density at radius 3 is 2.48 bits per heavy atom. The second kappa shape index (κ2) is 5.90. The van der Waals surface area contributed by atoms with Crippen molar-refractivity contribution < 1.29 is 4.42 Å². The minimum atomic E-state index is -0.106. The first-order valence-electron chi connectivity index (χ1n) is 6.39. The molecule has 1 N–H and O–H groups in total. The molecular weight excluding hydrogens is 329 g/mol. The standard InChI is InChI=1S/C16H12Cl3NO/c1-20-16(9-2-4-12(18)13(19)7-9)15-8-10-6-11(17)3-5-14(10)21-15/h2-8,16,20H,1H3. The van der Waals surface area contributed by atoms with Gasteiger partial charge in [0.2, 0.25) is 0 Å². The van der Waals surface area contributed by atoms with E-state index in [1.54, 1.807) is 6.07 Å². The molecule has 3 aromatic rings. The van der Waals surface area contributed by atoms with E-state index in [1.165, 1.54) is 0 Å². The maximum atomic E-state index is 6.09. The summed E-state index contributed by atoms with van der Waals surface area (Å²) in [5.41, 5.74) is 1.78. The molecule has 1 aromatic heterocycles. The maximum absolute atomic E-state index is 6.09. The van der Waals surface area contributed by atoms with E-state index < -0.39 is 0 Å². The topological polar surface area (TPSA) is 25.2 Å². The number of nitrogens with one attached hydrogen (secondary N) is 1. The predicted molar refractivity (Wildman–Crippen MR) is 88.6 cm³/mol. The van der Waals surface area contributed by atoms with Gasteiger partial charge in [-0.05, 0) is 49.0 Å². The summed E-state index contributed by atoms with van der Waals surface area (Å²) in [6.07, 6.45) is 0. The van der Waals surface area contributed by atoms with E-state index in [0.29, 0.717) is 15.1 Å². The van der Waals surface area contributed by atoms with Crippen LogP contribution in [0.4, 0.5) is 0 Å². The lowest BCUT2D eigenvalue weighted by Crippen LogP contribution is -2.16. The van der Waals surface area contributed by atoms with Gasteiger partial charge in [0.05, 0.1) is 16.1 Å². The van der Waals surface area contributed by atoms with E-state index in [2.05, 4.69) is 5.32 Å². The third kappa shape index (κ3) is 2.90. The highest BCUT2D eigenvalue weighted by Gasteiger charge is 2.18. The smallest absolute Gasteiger partial charge is 0.134 e. The Morgan fingerprint density at radius 1 is 0.952 bits per heavy atom. The van der Waals surface area contributed by atoms with Crippen LogP contribution in [0.3, 0.4) is 0 Å². The Labute approximate surface area is 137 Å². The quantitative estimate of drug-likeness (QED) is 0.661. The highest BCUT2D eigenvalue weighted by Crippen LogP contribution is 2.32. The van der Waals surface area contributed by atoms with Crippen LogP contribution in [-0.4, -0.2) is 7.05 Å². The van der Waals surface area contributed by atoms with Crippen molar-refractivity contribution in [1.82, 2.24) is 5.32 Å². The maximum Gasteiger partial charge on any atom is 0.134 e. The van der Waals surface area contributed by atoms with Crippen LogP contribution >= 0.6 is 34.8 Å². The summed E-state index contributed by atoms with van der Waals surface area (Å²) >= 11 is 18.1. The fourth-order valence-electron chi connectivity index (χ4n) is 2.34. The first-order chi connectivity index (χ1) is 10.1. The Kier molecular flexibility index (Phi) is 4.14. The molecule has 0 aliphatic rings. The van der Waals surface area contributed by atoms with Crippen molar-refractivity contribution in [3.63, 3.8) is 0 Å². The molecular formula is C16H12Cl3NO. The minimum absolute atomic E-state index is 0.106. The first kappa shape index (κ1) is 14.7. The highest BCUT2D eigenvalue weighted by molar-refractivity contribution is 6.42. The lowest BCUT2D eigenvalue weighted by Gasteiger charge is -2.14. The van der Waals surface area contributed by atoms with Gasteiger partial charge in [0.25, 0.3) is 0 Å². The average Bonchev–Trinajstić information content (AvgIpc) is 2.86. The van der Waals surface area contributed by atoms with Crippen molar-refractivity contribution in [2.75, 3.05) is 7.05 Å². The van der Waals surface area contributed by atoms with Crippen molar-refractivity contribution in [2.45, 2.75) is 6.04 Å². The second-order valence-corrected chi connectivity index (χ2v) is 5.98. The van der Waals surface area contributed by atoms with Crippen molar-refractivity contribution in [2.24, 2.45) is 0 Å². The van der Waals surface area contributed by atoms with E-state index in [-0.39, 0.29) is 6.04 Å². The number of benzene rings is 2. The van der Waals surface area contributed by atoms with Gasteiger partial charge < -0.3 is 9.73 Å². The lowest BCUT2D eigenvalue weighted by molar-refractivity contribution is 0.491. The number of rotatable bonds is 3. The summed E-state index contributed by atoms with van der Waals surface area (Å²) in [7, 11) is 1.87. The normalized spacial score (nSPS) is 12.8. The molecule has 0 aliphatic carbocycles. The molecule has 0 saturated heterocycles. The van der Waals surface area contributed by atoms with Crippen LogP contribution in [0.2, 0.25) is 15.1 Å². The van der Waals surface area contributed by atoms with Crippen molar-refractivity contribution in [3.8, 4) is 0 Å². The van der Waals surface area contributed by atoms with E-state index in [4.69, 9.17) is 39.2 Å². The molecule has 1 atom stereocenters. The van der Waals surface area contributed by atoms with Crippen LogP contribution in [0.25, 0.3) is 11.0 Å². The van der Waals surface area contributed by atoms with Crippen molar-refractivity contribution in [3.05, 3.63) is 68.9 Å². The fourth-order valence-corrected chi connectivity index (χ4v) is 2.83. The van der Waals surface area contributed by atoms with Gasteiger partial charge in [-0.3, -0.25) is 0 Å². The van der Waals surface area contributed by atoms with Crippen LogP contribution in [0.1, 0.15) is 17.4 Å². The van der Waals surface area contributed by atoms with Gasteiger partial charge in [0, 0.05) is 10.4 Å². The van der Waals surface area contributed by atoms with Crippen molar-refractivity contribution in [1.29, 1.82) is 0 Å². The molecule has 0 spiro atoms. The van der Waals surface area contributed by atoms with Gasteiger partial charge in [-0.2, -0.15) is 0 Å². The van der Waals surface area contributed by atoms with E-state index in [0.717, 1.165) is 22.3 Å². The molecule has 1 heterocycles. The summed E-state index contributed by atoms with van der Waals surface area (Å²) < 4.78 is 5.90. The summed E-state index contributed by atoms with van der Waals surface area (Å²) in [6.45, 7) is 0. The minimum Gasteiger partial charge on any atom is -0.459 e. The Morgan fingerprint density at radius 2 is 1.76 bits per heavy atom. The molecule has 1 unspecified atom stereocenters.